The van der Waals surface area contributed by atoms with Crippen LogP contribution in [0.2, 0.25) is 0 Å². The minimum Gasteiger partial charge on any atom is -0.266 e. The van der Waals surface area contributed by atoms with Crippen molar-refractivity contribution in [3.05, 3.63) is 29.8 Å². The summed E-state index contributed by atoms with van der Waals surface area (Å²) in [4.78, 5) is -0.103. The molecule has 112 valence electrons. The first-order valence-electron chi connectivity index (χ1n) is 6.09. The van der Waals surface area contributed by atoms with Gasteiger partial charge in [-0.05, 0) is 32.4 Å². The Kier molecular flexibility index (Phi) is 3.62. The molecule has 0 aromatic heterocycles. The number of benzene rings is 1. The van der Waals surface area contributed by atoms with E-state index in [-0.39, 0.29) is 4.90 Å². The average molecular weight is 308 g/mol. The minimum absolute atomic E-state index is 0.103. The van der Waals surface area contributed by atoms with Crippen LogP contribution in [0.4, 0.5) is 13.2 Å². The Morgan fingerprint density at radius 1 is 1.25 bits per heavy atom. The van der Waals surface area contributed by atoms with E-state index in [0.29, 0.717) is 0 Å². The molecule has 0 spiro atoms. The SMILES string of the molecule is Cc1ccc(S(=O)(=O)OCC2CC(C)(F)C2(F)F)cc1. The van der Waals surface area contributed by atoms with E-state index in [1.165, 1.54) is 12.1 Å². The molecule has 1 aromatic rings. The molecule has 2 unspecified atom stereocenters. The maximum Gasteiger partial charge on any atom is 0.296 e. The first-order valence-corrected chi connectivity index (χ1v) is 7.50. The quantitative estimate of drug-likeness (QED) is 0.803. The van der Waals surface area contributed by atoms with Crippen molar-refractivity contribution in [2.24, 2.45) is 5.92 Å². The fourth-order valence-electron chi connectivity index (χ4n) is 2.13. The standard InChI is InChI=1S/C13H15F3O3S/c1-9-3-5-11(6-4-9)20(17,18)19-8-10-7-12(2,14)13(10,15)16/h3-6,10H,7-8H2,1-2H3. The second-order valence-corrected chi connectivity index (χ2v) is 6.89. The minimum atomic E-state index is -4.09. The second kappa shape index (κ2) is 4.73. The van der Waals surface area contributed by atoms with Crippen LogP contribution in [0.3, 0.4) is 0 Å². The van der Waals surface area contributed by atoms with Gasteiger partial charge >= 0.3 is 0 Å². The van der Waals surface area contributed by atoms with Gasteiger partial charge in [0.25, 0.3) is 16.0 Å². The highest BCUT2D eigenvalue weighted by Gasteiger charge is 2.67. The lowest BCUT2D eigenvalue weighted by molar-refractivity contribution is -0.253. The van der Waals surface area contributed by atoms with Gasteiger partial charge < -0.3 is 0 Å². The van der Waals surface area contributed by atoms with E-state index in [1.54, 1.807) is 19.1 Å². The Balaban J connectivity index is 2.03. The Bertz CT molecular complexity index is 594. The maximum absolute atomic E-state index is 13.4. The predicted octanol–water partition coefficient (Wildman–Crippen LogP) is 3.08. The summed E-state index contributed by atoms with van der Waals surface area (Å²) >= 11 is 0. The summed E-state index contributed by atoms with van der Waals surface area (Å²) in [6.45, 7) is 1.87. The number of aryl methyl sites for hydroxylation is 1. The van der Waals surface area contributed by atoms with E-state index in [4.69, 9.17) is 0 Å². The van der Waals surface area contributed by atoms with Crippen molar-refractivity contribution in [2.75, 3.05) is 6.61 Å². The van der Waals surface area contributed by atoms with Crippen LogP contribution < -0.4 is 0 Å². The van der Waals surface area contributed by atoms with Crippen LogP contribution in [0.15, 0.2) is 29.2 Å². The highest BCUT2D eigenvalue weighted by atomic mass is 32.2. The monoisotopic (exact) mass is 308 g/mol. The molecule has 2 rings (SSSR count). The lowest BCUT2D eigenvalue weighted by Crippen LogP contribution is -2.61. The van der Waals surface area contributed by atoms with E-state index in [9.17, 15) is 21.6 Å². The number of rotatable bonds is 4. The van der Waals surface area contributed by atoms with Crippen molar-refractivity contribution >= 4 is 10.1 Å². The Labute approximate surface area is 115 Å². The van der Waals surface area contributed by atoms with Crippen molar-refractivity contribution in [3.8, 4) is 0 Å². The zero-order chi connectivity index (χ0) is 15.2. The number of hydrogen-bond acceptors (Lipinski definition) is 3. The number of alkyl halides is 3. The first kappa shape index (κ1) is 15.3. The molecule has 0 amide bonds. The highest BCUT2D eigenvalue weighted by Crippen LogP contribution is 2.54. The molecule has 1 aromatic carbocycles. The highest BCUT2D eigenvalue weighted by molar-refractivity contribution is 7.86. The summed E-state index contributed by atoms with van der Waals surface area (Å²) < 4.78 is 68.2. The third kappa shape index (κ3) is 2.56. The van der Waals surface area contributed by atoms with E-state index in [1.807, 2.05) is 0 Å². The molecular weight excluding hydrogens is 293 g/mol. The summed E-state index contributed by atoms with van der Waals surface area (Å²) in [7, 11) is -4.09. The van der Waals surface area contributed by atoms with Gasteiger partial charge in [0.15, 0.2) is 5.67 Å². The van der Waals surface area contributed by atoms with Crippen LogP contribution in [0.5, 0.6) is 0 Å². The Morgan fingerprint density at radius 3 is 2.25 bits per heavy atom. The molecule has 2 atom stereocenters. The topological polar surface area (TPSA) is 43.4 Å². The van der Waals surface area contributed by atoms with Crippen LogP contribution in [0.25, 0.3) is 0 Å². The van der Waals surface area contributed by atoms with E-state index in [2.05, 4.69) is 4.18 Å². The molecule has 1 fully saturated rings. The molecule has 20 heavy (non-hydrogen) atoms. The molecule has 0 heterocycles. The first-order chi connectivity index (χ1) is 9.06. The van der Waals surface area contributed by atoms with Crippen molar-refractivity contribution in [2.45, 2.75) is 36.8 Å². The maximum atomic E-state index is 13.4. The fourth-order valence-corrected chi connectivity index (χ4v) is 3.08. The van der Waals surface area contributed by atoms with Crippen LogP contribution >= 0.6 is 0 Å². The Hall–Kier alpha value is -1.08. The third-order valence-corrected chi connectivity index (χ3v) is 4.87. The molecule has 1 aliphatic carbocycles. The lowest BCUT2D eigenvalue weighted by atomic mass is 9.70. The van der Waals surface area contributed by atoms with Gasteiger partial charge in [-0.15, -0.1) is 0 Å². The predicted molar refractivity (Wildman–Crippen MR) is 66.9 cm³/mol. The second-order valence-electron chi connectivity index (χ2n) is 5.27. The van der Waals surface area contributed by atoms with Crippen LogP contribution in [0, 0.1) is 12.8 Å². The molecule has 0 aliphatic heterocycles. The van der Waals surface area contributed by atoms with Crippen molar-refractivity contribution in [3.63, 3.8) is 0 Å². The molecule has 0 radical (unpaired) electrons. The van der Waals surface area contributed by atoms with Crippen LogP contribution in [-0.2, 0) is 14.3 Å². The molecule has 0 N–H and O–H groups in total. The van der Waals surface area contributed by atoms with E-state index in [0.717, 1.165) is 12.5 Å². The van der Waals surface area contributed by atoms with Gasteiger partial charge in [-0.2, -0.15) is 8.42 Å². The zero-order valence-corrected chi connectivity index (χ0v) is 11.9. The summed E-state index contributed by atoms with van der Waals surface area (Å²) in [5.74, 6) is -4.98. The van der Waals surface area contributed by atoms with Gasteiger partial charge in [0, 0.05) is 0 Å². The van der Waals surface area contributed by atoms with E-state index < -0.39 is 40.7 Å². The summed E-state index contributed by atoms with van der Waals surface area (Å²) in [6, 6.07) is 5.82. The largest absolute Gasteiger partial charge is 0.296 e. The normalized spacial score (nSPS) is 28.9. The molecule has 0 bridgehead atoms. The van der Waals surface area contributed by atoms with Crippen molar-refractivity contribution < 1.29 is 25.8 Å². The molecule has 1 saturated carbocycles. The summed E-state index contributed by atoms with van der Waals surface area (Å²) in [5, 5.41) is 0. The summed E-state index contributed by atoms with van der Waals surface area (Å²) in [5.41, 5.74) is -1.73. The van der Waals surface area contributed by atoms with Crippen LogP contribution in [-0.4, -0.2) is 26.6 Å². The lowest BCUT2D eigenvalue weighted by Gasteiger charge is -2.46. The number of hydrogen-bond donors (Lipinski definition) is 0. The van der Waals surface area contributed by atoms with Crippen molar-refractivity contribution in [1.29, 1.82) is 0 Å². The van der Waals surface area contributed by atoms with Crippen LogP contribution in [0.1, 0.15) is 18.9 Å². The van der Waals surface area contributed by atoms with Crippen molar-refractivity contribution in [1.82, 2.24) is 0 Å². The van der Waals surface area contributed by atoms with Gasteiger partial charge in [0.05, 0.1) is 17.4 Å². The molecule has 7 heteroatoms. The molecular formula is C13H15F3O3S. The third-order valence-electron chi connectivity index (χ3n) is 3.57. The van der Waals surface area contributed by atoms with Gasteiger partial charge in [0.1, 0.15) is 0 Å². The smallest absolute Gasteiger partial charge is 0.266 e. The average Bonchev–Trinajstić information content (AvgIpc) is 2.34. The molecule has 1 aliphatic rings. The van der Waals surface area contributed by atoms with Gasteiger partial charge in [-0.25, -0.2) is 13.2 Å². The van der Waals surface area contributed by atoms with Gasteiger partial charge in [-0.3, -0.25) is 4.18 Å². The zero-order valence-electron chi connectivity index (χ0n) is 11.1. The molecule has 0 saturated heterocycles. The van der Waals surface area contributed by atoms with Gasteiger partial charge in [-0.1, -0.05) is 17.7 Å². The summed E-state index contributed by atoms with van der Waals surface area (Å²) in [6.07, 6.45) is -0.413. The Morgan fingerprint density at radius 2 is 1.80 bits per heavy atom. The number of halogens is 3. The van der Waals surface area contributed by atoms with Gasteiger partial charge in [0.2, 0.25) is 0 Å². The fraction of sp³-hybridized carbons (Fsp3) is 0.538. The van der Waals surface area contributed by atoms with E-state index >= 15 is 0 Å². The molecule has 3 nitrogen and oxygen atoms in total.